The number of nitrogens with two attached hydrogens (primary N) is 1. The zero-order valence-electron chi connectivity index (χ0n) is 10.3. The number of rotatable bonds is 4. The third-order valence-electron chi connectivity index (χ3n) is 2.41. The van der Waals surface area contributed by atoms with E-state index in [1.807, 2.05) is 0 Å². The molecule has 0 fully saturated rings. The molecule has 0 saturated heterocycles. The van der Waals surface area contributed by atoms with Crippen LogP contribution < -0.4 is 5.73 Å². The minimum Gasteiger partial charge on any atom is -0.462 e. The summed E-state index contributed by atoms with van der Waals surface area (Å²) in [5, 5.41) is 0. The van der Waals surface area contributed by atoms with Gasteiger partial charge in [-0.1, -0.05) is 0 Å². The molecule has 1 rings (SSSR count). The summed E-state index contributed by atoms with van der Waals surface area (Å²) in [6.45, 7) is 0.468. The fourth-order valence-electron chi connectivity index (χ4n) is 1.62. The summed E-state index contributed by atoms with van der Waals surface area (Å²) < 4.78 is 68.3. The summed E-state index contributed by atoms with van der Waals surface area (Å²) in [5.74, 6) is -1.30. The first-order valence-electron chi connectivity index (χ1n) is 5.48. The molecule has 0 aliphatic heterocycles. The number of ether oxygens (including phenoxy) is 1. The van der Waals surface area contributed by atoms with Gasteiger partial charge in [0.2, 0.25) is 0 Å². The Bertz CT molecular complexity index is 502. The van der Waals surface area contributed by atoms with E-state index in [1.54, 1.807) is 0 Å². The van der Waals surface area contributed by atoms with Crippen molar-refractivity contribution in [2.24, 2.45) is 5.73 Å². The average Bonchev–Trinajstić information content (AvgIpc) is 2.35. The van der Waals surface area contributed by atoms with E-state index in [2.05, 4.69) is 9.72 Å². The lowest BCUT2D eigenvalue weighted by Gasteiger charge is -2.17. The number of carbonyl (C=O) groups is 1. The second-order valence-electron chi connectivity index (χ2n) is 3.63. The summed E-state index contributed by atoms with van der Waals surface area (Å²) >= 11 is 0. The normalized spacial score (nSPS) is 11.8. The van der Waals surface area contributed by atoms with Crippen molar-refractivity contribution in [3.05, 3.63) is 28.6 Å². The highest BCUT2D eigenvalue weighted by Gasteiger charge is 2.38. The van der Waals surface area contributed by atoms with Gasteiger partial charge in [0.25, 0.3) is 6.43 Å². The molecule has 0 unspecified atom stereocenters. The van der Waals surface area contributed by atoms with Crippen molar-refractivity contribution in [2.75, 3.05) is 6.61 Å². The van der Waals surface area contributed by atoms with E-state index in [-0.39, 0.29) is 12.8 Å². The van der Waals surface area contributed by atoms with E-state index in [1.165, 1.54) is 6.92 Å². The zero-order valence-corrected chi connectivity index (χ0v) is 10.3. The SMILES string of the molecule is CCOC(=O)c1c(C(F)F)ncc(C(F)(F)F)c1CN. The Morgan fingerprint density at radius 3 is 2.45 bits per heavy atom. The molecule has 1 aromatic rings. The minimum atomic E-state index is -4.86. The Morgan fingerprint density at radius 1 is 1.45 bits per heavy atom. The molecule has 4 nitrogen and oxygen atoms in total. The van der Waals surface area contributed by atoms with Crippen molar-refractivity contribution in [1.82, 2.24) is 4.98 Å². The molecule has 20 heavy (non-hydrogen) atoms. The van der Waals surface area contributed by atoms with Gasteiger partial charge in [0.15, 0.2) is 0 Å². The minimum absolute atomic E-state index is 0.179. The van der Waals surface area contributed by atoms with Gasteiger partial charge in [-0.2, -0.15) is 13.2 Å². The Balaban J connectivity index is 3.59. The number of hydrogen-bond acceptors (Lipinski definition) is 4. The Morgan fingerprint density at radius 2 is 2.05 bits per heavy atom. The van der Waals surface area contributed by atoms with Gasteiger partial charge in [-0.3, -0.25) is 4.98 Å². The highest BCUT2D eigenvalue weighted by molar-refractivity contribution is 5.92. The number of pyridine rings is 1. The molecule has 0 aliphatic carbocycles. The number of hydrogen-bond donors (Lipinski definition) is 1. The summed E-state index contributed by atoms with van der Waals surface area (Å²) in [4.78, 5) is 14.6. The number of carbonyl (C=O) groups excluding carboxylic acids is 1. The quantitative estimate of drug-likeness (QED) is 0.685. The molecule has 0 aromatic carbocycles. The molecule has 9 heteroatoms. The van der Waals surface area contributed by atoms with Crippen molar-refractivity contribution in [1.29, 1.82) is 0 Å². The van der Waals surface area contributed by atoms with Crippen LogP contribution in [0.5, 0.6) is 0 Å². The standard InChI is InChI=1S/C11H11F5N2O2/c1-2-20-10(19)7-5(3-17)6(11(14,15)16)4-18-8(7)9(12)13/h4,9H,2-3,17H2,1H3. The molecule has 1 aromatic heterocycles. The van der Waals surface area contributed by atoms with E-state index in [9.17, 15) is 26.7 Å². The van der Waals surface area contributed by atoms with Crippen LogP contribution in [-0.2, 0) is 17.5 Å². The lowest BCUT2D eigenvalue weighted by Crippen LogP contribution is -2.21. The molecular weight excluding hydrogens is 287 g/mol. The van der Waals surface area contributed by atoms with Crippen LogP contribution in [0, 0.1) is 0 Å². The lowest BCUT2D eigenvalue weighted by atomic mass is 10.0. The van der Waals surface area contributed by atoms with E-state index < -0.39 is 47.5 Å². The van der Waals surface area contributed by atoms with Crippen LogP contribution in [-0.4, -0.2) is 17.6 Å². The van der Waals surface area contributed by atoms with Crippen LogP contribution in [0.3, 0.4) is 0 Å². The van der Waals surface area contributed by atoms with Gasteiger partial charge >= 0.3 is 12.1 Å². The maximum Gasteiger partial charge on any atom is 0.418 e. The second-order valence-corrected chi connectivity index (χ2v) is 3.63. The van der Waals surface area contributed by atoms with E-state index in [0.717, 1.165) is 0 Å². The van der Waals surface area contributed by atoms with Gasteiger partial charge < -0.3 is 10.5 Å². The number of esters is 1. The summed E-state index contributed by atoms with van der Waals surface area (Å²) in [7, 11) is 0. The predicted molar refractivity (Wildman–Crippen MR) is 58.0 cm³/mol. The first kappa shape index (κ1) is 16.3. The van der Waals surface area contributed by atoms with Crippen molar-refractivity contribution < 1.29 is 31.5 Å². The largest absolute Gasteiger partial charge is 0.462 e. The molecule has 0 radical (unpaired) electrons. The maximum atomic E-state index is 12.8. The first-order valence-corrected chi connectivity index (χ1v) is 5.48. The van der Waals surface area contributed by atoms with E-state index >= 15 is 0 Å². The smallest absolute Gasteiger partial charge is 0.418 e. The van der Waals surface area contributed by atoms with Crippen LogP contribution in [0.2, 0.25) is 0 Å². The van der Waals surface area contributed by atoms with E-state index in [4.69, 9.17) is 5.73 Å². The average molecular weight is 298 g/mol. The monoisotopic (exact) mass is 298 g/mol. The summed E-state index contributed by atoms with van der Waals surface area (Å²) in [6.07, 6.45) is -7.84. The van der Waals surface area contributed by atoms with Crippen molar-refractivity contribution in [3.8, 4) is 0 Å². The highest BCUT2D eigenvalue weighted by atomic mass is 19.4. The van der Waals surface area contributed by atoms with Crippen LogP contribution in [0.15, 0.2) is 6.20 Å². The third-order valence-corrected chi connectivity index (χ3v) is 2.41. The first-order chi connectivity index (χ1) is 9.23. The lowest BCUT2D eigenvalue weighted by molar-refractivity contribution is -0.138. The molecule has 0 aliphatic rings. The maximum absolute atomic E-state index is 12.8. The molecular formula is C11H11F5N2O2. The molecule has 0 atom stereocenters. The molecule has 1 heterocycles. The summed E-state index contributed by atoms with van der Waals surface area (Å²) in [6, 6.07) is 0. The Kier molecular flexibility index (Phi) is 4.98. The van der Waals surface area contributed by atoms with Gasteiger partial charge in [-0.15, -0.1) is 0 Å². The topological polar surface area (TPSA) is 65.2 Å². The molecule has 0 bridgehead atoms. The second kappa shape index (κ2) is 6.12. The molecule has 2 N–H and O–H groups in total. The van der Waals surface area contributed by atoms with Crippen molar-refractivity contribution in [3.63, 3.8) is 0 Å². The number of aromatic nitrogens is 1. The summed E-state index contributed by atoms with van der Waals surface area (Å²) in [5.41, 5.74) is 1.11. The fraction of sp³-hybridized carbons (Fsp3) is 0.455. The molecule has 0 amide bonds. The van der Waals surface area contributed by atoms with Gasteiger partial charge in [0.1, 0.15) is 5.69 Å². The van der Waals surface area contributed by atoms with Gasteiger partial charge in [0, 0.05) is 12.7 Å². The molecule has 0 saturated carbocycles. The number of alkyl halides is 5. The molecule has 0 spiro atoms. The number of nitrogens with zero attached hydrogens (tertiary/aromatic N) is 1. The Hall–Kier alpha value is -1.77. The fourth-order valence-corrected chi connectivity index (χ4v) is 1.62. The van der Waals surface area contributed by atoms with Crippen LogP contribution >= 0.6 is 0 Å². The predicted octanol–water partition coefficient (Wildman–Crippen LogP) is 2.67. The van der Waals surface area contributed by atoms with Gasteiger partial charge in [0.05, 0.1) is 17.7 Å². The highest BCUT2D eigenvalue weighted by Crippen LogP contribution is 2.35. The number of halogens is 5. The van der Waals surface area contributed by atoms with E-state index in [0.29, 0.717) is 0 Å². The van der Waals surface area contributed by atoms with Crippen molar-refractivity contribution in [2.45, 2.75) is 26.1 Å². The molecule has 112 valence electrons. The zero-order chi connectivity index (χ0) is 15.5. The Labute approximate surface area is 110 Å². The van der Waals surface area contributed by atoms with Crippen LogP contribution in [0.4, 0.5) is 22.0 Å². The van der Waals surface area contributed by atoms with Gasteiger partial charge in [-0.25, -0.2) is 13.6 Å². The van der Waals surface area contributed by atoms with Crippen molar-refractivity contribution >= 4 is 5.97 Å². The van der Waals surface area contributed by atoms with Crippen LogP contribution in [0.1, 0.15) is 40.5 Å². The third kappa shape index (κ3) is 3.21. The van der Waals surface area contributed by atoms with Gasteiger partial charge in [-0.05, 0) is 12.5 Å². The van der Waals surface area contributed by atoms with Crippen LogP contribution in [0.25, 0.3) is 0 Å².